The summed E-state index contributed by atoms with van der Waals surface area (Å²) in [5.74, 6) is 1.34. The van der Waals surface area contributed by atoms with Gasteiger partial charge in [-0.2, -0.15) is 0 Å². The average Bonchev–Trinajstić information content (AvgIpc) is 2.57. The van der Waals surface area contributed by atoms with Crippen molar-refractivity contribution < 1.29 is 9.15 Å². The van der Waals surface area contributed by atoms with E-state index in [0.29, 0.717) is 12.4 Å². The number of hydrogen-bond acceptors (Lipinski definition) is 4. The van der Waals surface area contributed by atoms with E-state index >= 15 is 0 Å². The summed E-state index contributed by atoms with van der Waals surface area (Å²) in [5, 5.41) is 0.170. The molecule has 0 saturated carbocycles. The van der Waals surface area contributed by atoms with Gasteiger partial charge in [0, 0.05) is 13.1 Å². The van der Waals surface area contributed by atoms with Crippen LogP contribution in [-0.2, 0) is 6.61 Å². The Hall–Kier alpha value is -1.94. The fourth-order valence-electron chi connectivity index (χ4n) is 3.26. The molecule has 0 bridgehead atoms. The number of anilines is 1. The summed E-state index contributed by atoms with van der Waals surface area (Å²) >= 11 is 6.29. The minimum Gasteiger partial charge on any atom is -0.488 e. The molecule has 0 unspecified atom stereocenters. The molecule has 1 saturated heterocycles. The van der Waals surface area contributed by atoms with Crippen LogP contribution in [0.1, 0.15) is 24.8 Å². The highest BCUT2D eigenvalue weighted by molar-refractivity contribution is 6.33. The van der Waals surface area contributed by atoms with Crippen molar-refractivity contribution in [1.29, 1.82) is 0 Å². The first-order valence-corrected chi connectivity index (χ1v) is 7.96. The Morgan fingerprint density at radius 2 is 1.86 bits per heavy atom. The molecule has 4 nitrogen and oxygen atoms in total. The SMILES string of the molecule is O=c1oc2c(c(N3CCCCC3)c1Cl)COc1ccccc1-2. The van der Waals surface area contributed by atoms with Gasteiger partial charge in [0.15, 0.2) is 5.76 Å². The third kappa shape index (κ3) is 2.10. The van der Waals surface area contributed by atoms with Crippen LogP contribution < -0.4 is 15.3 Å². The summed E-state index contributed by atoms with van der Waals surface area (Å²) in [5.41, 5.74) is 2.01. The van der Waals surface area contributed by atoms with E-state index in [1.807, 2.05) is 24.3 Å². The number of halogens is 1. The average molecular weight is 318 g/mol. The van der Waals surface area contributed by atoms with E-state index in [9.17, 15) is 4.79 Å². The maximum atomic E-state index is 12.2. The molecule has 0 atom stereocenters. The molecular formula is C17H16ClNO3. The third-order valence-corrected chi connectivity index (χ3v) is 4.65. The standard InChI is InChI=1S/C17H16ClNO3/c18-14-15(19-8-4-1-5-9-19)12-10-21-13-7-3-2-6-11(13)16(12)22-17(14)20/h2-3,6-7H,1,4-5,8-10H2. The third-order valence-electron chi connectivity index (χ3n) is 4.32. The molecule has 0 amide bonds. The molecular weight excluding hydrogens is 302 g/mol. The predicted molar refractivity (Wildman–Crippen MR) is 85.8 cm³/mol. The van der Waals surface area contributed by atoms with Crippen molar-refractivity contribution in [2.75, 3.05) is 18.0 Å². The smallest absolute Gasteiger partial charge is 0.357 e. The van der Waals surface area contributed by atoms with Crippen molar-refractivity contribution in [3.8, 4) is 17.1 Å². The molecule has 1 aromatic heterocycles. The van der Waals surface area contributed by atoms with E-state index in [1.54, 1.807) is 0 Å². The second-order valence-electron chi connectivity index (χ2n) is 5.69. The van der Waals surface area contributed by atoms with Gasteiger partial charge in [0.25, 0.3) is 0 Å². The molecule has 114 valence electrons. The summed E-state index contributed by atoms with van der Waals surface area (Å²) in [6.45, 7) is 2.20. The Morgan fingerprint density at radius 1 is 1.09 bits per heavy atom. The molecule has 0 N–H and O–H groups in total. The van der Waals surface area contributed by atoms with Crippen molar-refractivity contribution in [3.05, 3.63) is 45.3 Å². The molecule has 1 fully saturated rings. The predicted octanol–water partition coefficient (Wildman–Crippen LogP) is 3.84. The van der Waals surface area contributed by atoms with Gasteiger partial charge in [0.2, 0.25) is 0 Å². The molecule has 0 aliphatic carbocycles. The topological polar surface area (TPSA) is 42.7 Å². The normalized spacial score (nSPS) is 16.7. The lowest BCUT2D eigenvalue weighted by Crippen LogP contribution is -2.32. The summed E-state index contributed by atoms with van der Waals surface area (Å²) in [4.78, 5) is 14.4. The van der Waals surface area contributed by atoms with Gasteiger partial charge < -0.3 is 14.1 Å². The van der Waals surface area contributed by atoms with Gasteiger partial charge >= 0.3 is 5.63 Å². The Morgan fingerprint density at radius 3 is 2.68 bits per heavy atom. The monoisotopic (exact) mass is 317 g/mol. The zero-order valence-electron chi connectivity index (χ0n) is 12.1. The van der Waals surface area contributed by atoms with E-state index in [-0.39, 0.29) is 5.02 Å². The molecule has 0 spiro atoms. The van der Waals surface area contributed by atoms with E-state index in [4.69, 9.17) is 20.8 Å². The van der Waals surface area contributed by atoms with Crippen LogP contribution in [0.2, 0.25) is 5.02 Å². The molecule has 22 heavy (non-hydrogen) atoms. The quantitative estimate of drug-likeness (QED) is 0.801. The number of benzene rings is 1. The molecule has 5 heteroatoms. The second-order valence-corrected chi connectivity index (χ2v) is 6.07. The van der Waals surface area contributed by atoms with Crippen molar-refractivity contribution >= 4 is 17.3 Å². The first kappa shape index (κ1) is 13.7. The molecule has 0 radical (unpaired) electrons. The lowest BCUT2D eigenvalue weighted by molar-refractivity contribution is 0.293. The molecule has 2 aliphatic heterocycles. The second kappa shape index (κ2) is 5.36. The van der Waals surface area contributed by atoms with Crippen molar-refractivity contribution in [1.82, 2.24) is 0 Å². The zero-order valence-corrected chi connectivity index (χ0v) is 12.9. The van der Waals surface area contributed by atoms with Gasteiger partial charge in [-0.15, -0.1) is 0 Å². The largest absolute Gasteiger partial charge is 0.488 e. The number of rotatable bonds is 1. The van der Waals surface area contributed by atoms with Crippen LogP contribution in [-0.4, -0.2) is 13.1 Å². The van der Waals surface area contributed by atoms with Crippen LogP contribution in [0.15, 0.2) is 33.5 Å². The number of para-hydroxylation sites is 1. The van der Waals surface area contributed by atoms with Crippen LogP contribution in [0, 0.1) is 0 Å². The van der Waals surface area contributed by atoms with Crippen LogP contribution in [0.25, 0.3) is 11.3 Å². The highest BCUT2D eigenvalue weighted by Gasteiger charge is 2.29. The minimum absolute atomic E-state index is 0.170. The van der Waals surface area contributed by atoms with E-state index < -0.39 is 5.63 Å². The lowest BCUT2D eigenvalue weighted by atomic mass is 10.0. The van der Waals surface area contributed by atoms with Crippen LogP contribution in [0.5, 0.6) is 5.75 Å². The minimum atomic E-state index is -0.474. The number of ether oxygens (including phenoxy) is 1. The van der Waals surface area contributed by atoms with Crippen LogP contribution >= 0.6 is 11.6 Å². The first-order chi connectivity index (χ1) is 10.8. The lowest BCUT2D eigenvalue weighted by Gasteiger charge is -2.32. The van der Waals surface area contributed by atoms with Gasteiger partial charge in [-0.3, -0.25) is 0 Å². The van der Waals surface area contributed by atoms with Gasteiger partial charge in [-0.25, -0.2) is 4.79 Å². The van der Waals surface area contributed by atoms with Crippen molar-refractivity contribution in [2.24, 2.45) is 0 Å². The molecule has 2 aliphatic rings. The maximum absolute atomic E-state index is 12.2. The maximum Gasteiger partial charge on any atom is 0.357 e. The van der Waals surface area contributed by atoms with E-state index in [0.717, 1.165) is 48.5 Å². The summed E-state index contributed by atoms with van der Waals surface area (Å²) in [6.07, 6.45) is 3.45. The Balaban J connectivity index is 1.93. The Bertz CT molecular complexity index is 778. The van der Waals surface area contributed by atoms with Crippen LogP contribution in [0.4, 0.5) is 5.69 Å². The van der Waals surface area contributed by atoms with E-state index in [2.05, 4.69) is 4.90 Å². The van der Waals surface area contributed by atoms with Crippen molar-refractivity contribution in [2.45, 2.75) is 25.9 Å². The van der Waals surface area contributed by atoms with Gasteiger partial charge in [0.1, 0.15) is 17.4 Å². The fourth-order valence-corrected chi connectivity index (χ4v) is 3.54. The number of fused-ring (bicyclic) bond motifs is 3. The number of piperidine rings is 1. The van der Waals surface area contributed by atoms with E-state index in [1.165, 1.54) is 6.42 Å². The fraction of sp³-hybridized carbons (Fsp3) is 0.353. The summed E-state index contributed by atoms with van der Waals surface area (Å²) < 4.78 is 11.3. The van der Waals surface area contributed by atoms with Gasteiger partial charge in [-0.05, 0) is 31.4 Å². The molecule has 3 heterocycles. The Labute approximate surface area is 133 Å². The number of nitrogens with zero attached hydrogens (tertiary/aromatic N) is 1. The zero-order chi connectivity index (χ0) is 15.1. The summed E-state index contributed by atoms with van der Waals surface area (Å²) in [6, 6.07) is 7.60. The molecule has 4 rings (SSSR count). The molecule has 1 aromatic carbocycles. The first-order valence-electron chi connectivity index (χ1n) is 7.58. The van der Waals surface area contributed by atoms with Crippen molar-refractivity contribution in [3.63, 3.8) is 0 Å². The highest BCUT2D eigenvalue weighted by atomic mass is 35.5. The summed E-state index contributed by atoms with van der Waals surface area (Å²) in [7, 11) is 0. The molecule has 2 aromatic rings. The van der Waals surface area contributed by atoms with Crippen LogP contribution in [0.3, 0.4) is 0 Å². The van der Waals surface area contributed by atoms with Gasteiger partial charge in [0.05, 0.1) is 16.8 Å². The highest BCUT2D eigenvalue weighted by Crippen LogP contribution is 2.42. The number of hydrogen-bond donors (Lipinski definition) is 0. The Kier molecular flexibility index (Phi) is 3.34. The van der Waals surface area contributed by atoms with Gasteiger partial charge in [-0.1, -0.05) is 23.7 Å².